The van der Waals surface area contributed by atoms with Crippen molar-refractivity contribution in [2.45, 2.75) is 19.1 Å². The first-order chi connectivity index (χ1) is 11.5. The molecule has 1 aromatic heterocycles. The van der Waals surface area contributed by atoms with E-state index in [9.17, 15) is 14.7 Å². The summed E-state index contributed by atoms with van der Waals surface area (Å²) >= 11 is 5.78. The molecule has 7 heteroatoms. The van der Waals surface area contributed by atoms with Crippen molar-refractivity contribution >= 4 is 23.4 Å². The minimum absolute atomic E-state index is 0.208. The Kier molecular flexibility index (Phi) is 6.40. The van der Waals surface area contributed by atoms with Gasteiger partial charge in [-0.05, 0) is 36.2 Å². The molecule has 0 aliphatic rings. The molecule has 1 atom stereocenters. The Morgan fingerprint density at radius 2 is 1.83 bits per heavy atom. The van der Waals surface area contributed by atoms with Crippen molar-refractivity contribution in [3.8, 4) is 0 Å². The SMILES string of the molecule is Cn1cccc1C(O)CCNC(=O)C(=O)NCc1ccc(Cl)cc1. The fourth-order valence-electron chi connectivity index (χ4n) is 2.24. The second-order valence-corrected chi connectivity index (χ2v) is 5.85. The second kappa shape index (κ2) is 8.52. The number of aliphatic hydroxyl groups excluding tert-OH is 1. The molecule has 0 saturated carbocycles. The highest BCUT2D eigenvalue weighted by Gasteiger charge is 2.15. The van der Waals surface area contributed by atoms with Crippen LogP contribution in [0.15, 0.2) is 42.6 Å². The van der Waals surface area contributed by atoms with Gasteiger partial charge in [-0.25, -0.2) is 0 Å². The molecule has 3 N–H and O–H groups in total. The van der Waals surface area contributed by atoms with E-state index in [1.807, 2.05) is 29.9 Å². The highest BCUT2D eigenvalue weighted by molar-refractivity contribution is 6.35. The Hall–Kier alpha value is -2.31. The maximum absolute atomic E-state index is 11.7. The van der Waals surface area contributed by atoms with Crippen molar-refractivity contribution in [3.63, 3.8) is 0 Å². The first-order valence-electron chi connectivity index (χ1n) is 7.57. The van der Waals surface area contributed by atoms with Crippen molar-refractivity contribution < 1.29 is 14.7 Å². The van der Waals surface area contributed by atoms with Crippen LogP contribution in [-0.2, 0) is 23.2 Å². The van der Waals surface area contributed by atoms with Gasteiger partial charge in [0.25, 0.3) is 0 Å². The molecule has 0 fully saturated rings. The molecular formula is C17H20ClN3O3. The van der Waals surface area contributed by atoms with Crippen LogP contribution in [0.1, 0.15) is 23.8 Å². The van der Waals surface area contributed by atoms with Gasteiger partial charge >= 0.3 is 11.8 Å². The molecule has 2 aromatic rings. The van der Waals surface area contributed by atoms with Crippen LogP contribution in [0.2, 0.25) is 5.02 Å². The zero-order valence-electron chi connectivity index (χ0n) is 13.3. The lowest BCUT2D eigenvalue weighted by Gasteiger charge is -2.12. The van der Waals surface area contributed by atoms with Gasteiger partial charge in [0.05, 0.1) is 6.10 Å². The molecular weight excluding hydrogens is 330 g/mol. The molecule has 2 amide bonds. The number of benzene rings is 1. The Balaban J connectivity index is 1.71. The summed E-state index contributed by atoms with van der Waals surface area (Å²) in [6.45, 7) is 0.453. The van der Waals surface area contributed by atoms with E-state index in [0.717, 1.165) is 11.3 Å². The van der Waals surface area contributed by atoms with E-state index in [0.29, 0.717) is 11.4 Å². The minimum atomic E-state index is -0.719. The van der Waals surface area contributed by atoms with Crippen LogP contribution in [-0.4, -0.2) is 28.0 Å². The van der Waals surface area contributed by atoms with Gasteiger partial charge < -0.3 is 20.3 Å². The number of aryl methyl sites for hydroxylation is 1. The minimum Gasteiger partial charge on any atom is -0.387 e. The molecule has 0 aliphatic carbocycles. The highest BCUT2D eigenvalue weighted by atomic mass is 35.5. The molecule has 1 unspecified atom stereocenters. The summed E-state index contributed by atoms with van der Waals surface area (Å²) in [5, 5.41) is 15.7. The van der Waals surface area contributed by atoms with Crippen LogP contribution < -0.4 is 10.6 Å². The standard InChI is InChI=1S/C17H20ClN3O3/c1-21-10-2-3-14(21)15(22)8-9-19-16(23)17(24)20-11-12-4-6-13(18)7-5-12/h2-7,10,15,22H,8-9,11H2,1H3,(H,19,23)(H,20,24). The van der Waals surface area contributed by atoms with Crippen LogP contribution in [0.5, 0.6) is 0 Å². The molecule has 6 nitrogen and oxygen atoms in total. The summed E-state index contributed by atoms with van der Waals surface area (Å²) in [7, 11) is 1.83. The van der Waals surface area contributed by atoms with Gasteiger partial charge in [-0.15, -0.1) is 0 Å². The van der Waals surface area contributed by atoms with E-state index < -0.39 is 17.9 Å². The van der Waals surface area contributed by atoms with Crippen LogP contribution in [0.4, 0.5) is 0 Å². The zero-order valence-corrected chi connectivity index (χ0v) is 14.1. The third kappa shape index (κ3) is 5.11. The predicted octanol–water partition coefficient (Wildman–Crippen LogP) is 1.53. The number of hydrogen-bond donors (Lipinski definition) is 3. The number of amides is 2. The number of halogens is 1. The number of carbonyl (C=O) groups excluding carboxylic acids is 2. The summed E-state index contributed by atoms with van der Waals surface area (Å²) in [4.78, 5) is 23.4. The van der Waals surface area contributed by atoms with Gasteiger partial charge in [0.1, 0.15) is 0 Å². The fourth-order valence-corrected chi connectivity index (χ4v) is 2.36. The van der Waals surface area contributed by atoms with E-state index in [4.69, 9.17) is 11.6 Å². The van der Waals surface area contributed by atoms with Gasteiger partial charge in [-0.1, -0.05) is 23.7 Å². The fraction of sp³-hybridized carbons (Fsp3) is 0.294. The highest BCUT2D eigenvalue weighted by Crippen LogP contribution is 2.15. The maximum atomic E-state index is 11.7. The second-order valence-electron chi connectivity index (χ2n) is 5.41. The topological polar surface area (TPSA) is 83.4 Å². The summed E-state index contributed by atoms with van der Waals surface area (Å²) < 4.78 is 1.81. The third-order valence-electron chi connectivity index (χ3n) is 3.60. The van der Waals surface area contributed by atoms with E-state index >= 15 is 0 Å². The van der Waals surface area contributed by atoms with E-state index in [2.05, 4.69) is 10.6 Å². The molecule has 2 rings (SSSR count). The molecule has 0 radical (unpaired) electrons. The van der Waals surface area contributed by atoms with Gasteiger partial charge in [-0.2, -0.15) is 0 Å². The lowest BCUT2D eigenvalue weighted by Crippen LogP contribution is -2.40. The quantitative estimate of drug-likeness (QED) is 0.692. The monoisotopic (exact) mass is 349 g/mol. The van der Waals surface area contributed by atoms with Crippen LogP contribution in [0.25, 0.3) is 0 Å². The third-order valence-corrected chi connectivity index (χ3v) is 3.85. The predicted molar refractivity (Wildman–Crippen MR) is 91.3 cm³/mol. The van der Waals surface area contributed by atoms with Gasteiger partial charge in [0.15, 0.2) is 0 Å². The van der Waals surface area contributed by atoms with E-state index in [1.54, 1.807) is 24.3 Å². The lowest BCUT2D eigenvalue weighted by atomic mass is 10.2. The molecule has 128 valence electrons. The molecule has 0 bridgehead atoms. The molecule has 0 saturated heterocycles. The van der Waals surface area contributed by atoms with Crippen LogP contribution >= 0.6 is 11.6 Å². The summed E-state index contributed by atoms with van der Waals surface area (Å²) in [5.74, 6) is -1.43. The van der Waals surface area contributed by atoms with Crippen molar-refractivity contribution in [1.82, 2.24) is 15.2 Å². The number of aliphatic hydroxyl groups is 1. The van der Waals surface area contributed by atoms with Gasteiger partial charge in [0.2, 0.25) is 0 Å². The summed E-state index contributed by atoms with van der Waals surface area (Å²) in [6, 6.07) is 10.6. The number of nitrogens with one attached hydrogen (secondary N) is 2. The van der Waals surface area contributed by atoms with Crippen molar-refractivity contribution in [2.24, 2.45) is 7.05 Å². The molecule has 24 heavy (non-hydrogen) atoms. The lowest BCUT2D eigenvalue weighted by molar-refractivity contribution is -0.139. The Labute approximate surface area is 145 Å². The number of rotatable bonds is 6. The first kappa shape index (κ1) is 18.0. The van der Waals surface area contributed by atoms with Gasteiger partial charge in [-0.3, -0.25) is 9.59 Å². The number of nitrogens with zero attached hydrogens (tertiary/aromatic N) is 1. The summed E-state index contributed by atoms with van der Waals surface area (Å²) in [6.07, 6.45) is 1.47. The maximum Gasteiger partial charge on any atom is 0.309 e. The molecule has 1 aromatic carbocycles. The van der Waals surface area contributed by atoms with Crippen LogP contribution in [0, 0.1) is 0 Å². The molecule has 0 aliphatic heterocycles. The van der Waals surface area contributed by atoms with Gasteiger partial charge in [0, 0.05) is 37.1 Å². The van der Waals surface area contributed by atoms with Crippen molar-refractivity contribution in [3.05, 3.63) is 58.9 Å². The number of carbonyl (C=O) groups is 2. The zero-order chi connectivity index (χ0) is 17.5. The average Bonchev–Trinajstić information content (AvgIpc) is 3.00. The van der Waals surface area contributed by atoms with E-state index in [1.165, 1.54) is 0 Å². The number of hydrogen-bond acceptors (Lipinski definition) is 3. The molecule has 1 heterocycles. The summed E-state index contributed by atoms with van der Waals surface area (Å²) in [5.41, 5.74) is 1.61. The van der Waals surface area contributed by atoms with E-state index in [-0.39, 0.29) is 13.1 Å². The molecule has 0 spiro atoms. The Morgan fingerprint density at radius 3 is 2.46 bits per heavy atom. The van der Waals surface area contributed by atoms with Crippen molar-refractivity contribution in [1.29, 1.82) is 0 Å². The Morgan fingerprint density at radius 1 is 1.17 bits per heavy atom. The number of aromatic nitrogens is 1. The average molecular weight is 350 g/mol. The largest absolute Gasteiger partial charge is 0.387 e. The Bertz CT molecular complexity index is 697. The first-order valence-corrected chi connectivity index (χ1v) is 7.95. The normalized spacial score (nSPS) is 11.8. The van der Waals surface area contributed by atoms with Crippen LogP contribution in [0.3, 0.4) is 0 Å². The smallest absolute Gasteiger partial charge is 0.309 e. The van der Waals surface area contributed by atoms with Crippen molar-refractivity contribution in [2.75, 3.05) is 6.54 Å².